The van der Waals surface area contributed by atoms with Crippen molar-refractivity contribution in [2.75, 3.05) is 19.6 Å². The van der Waals surface area contributed by atoms with E-state index in [1.165, 1.54) is 24.8 Å². The zero-order valence-corrected chi connectivity index (χ0v) is 13.6. The van der Waals surface area contributed by atoms with Crippen LogP contribution in [-0.4, -0.2) is 49.1 Å². The van der Waals surface area contributed by atoms with Crippen LogP contribution in [-0.2, 0) is 4.74 Å². The van der Waals surface area contributed by atoms with Crippen molar-refractivity contribution in [3.05, 3.63) is 11.6 Å². The van der Waals surface area contributed by atoms with Crippen molar-refractivity contribution >= 4 is 0 Å². The van der Waals surface area contributed by atoms with Crippen molar-refractivity contribution < 1.29 is 13.5 Å². The fourth-order valence-electron chi connectivity index (χ4n) is 4.14. The monoisotopic (exact) mass is 313 g/mol. The van der Waals surface area contributed by atoms with Crippen LogP contribution in [0.5, 0.6) is 0 Å². The highest BCUT2D eigenvalue weighted by molar-refractivity contribution is 5.03. The second kappa shape index (κ2) is 7.39. The largest absolute Gasteiger partial charge is 0.373 e. The zero-order valence-electron chi connectivity index (χ0n) is 13.6. The highest BCUT2D eigenvalue weighted by atomic mass is 19.1. The Morgan fingerprint density at radius 3 is 2.59 bits per heavy atom. The molecule has 0 aromatic carbocycles. The van der Waals surface area contributed by atoms with Gasteiger partial charge in [-0.15, -0.1) is 0 Å². The van der Waals surface area contributed by atoms with Crippen molar-refractivity contribution in [2.24, 2.45) is 5.92 Å². The number of alkyl halides is 2. The Kier molecular flexibility index (Phi) is 5.50. The van der Waals surface area contributed by atoms with E-state index in [2.05, 4.69) is 17.9 Å². The maximum absolute atomic E-state index is 13.4. The molecule has 22 heavy (non-hydrogen) atoms. The lowest BCUT2D eigenvalue weighted by molar-refractivity contribution is -0.0563. The average molecular weight is 313 g/mol. The number of halogens is 2. The minimum absolute atomic E-state index is 0.0608. The van der Waals surface area contributed by atoms with E-state index in [4.69, 9.17) is 4.74 Å². The van der Waals surface area contributed by atoms with Crippen LogP contribution in [0.4, 0.5) is 8.78 Å². The summed E-state index contributed by atoms with van der Waals surface area (Å²) in [6.07, 6.45) is 5.83. The predicted octanol–water partition coefficient (Wildman–Crippen LogP) is 4.05. The first-order valence-corrected chi connectivity index (χ1v) is 8.90. The number of ether oxygens (including phenoxy) is 1. The molecular formula is C18H29F2NO. The van der Waals surface area contributed by atoms with Crippen LogP contribution in [0.15, 0.2) is 11.6 Å². The van der Waals surface area contributed by atoms with Crippen molar-refractivity contribution in [2.45, 2.75) is 76.4 Å². The van der Waals surface area contributed by atoms with Gasteiger partial charge in [0.25, 0.3) is 0 Å². The number of likely N-dealkylation sites (tertiary alicyclic amines) is 1. The molecule has 0 spiro atoms. The van der Waals surface area contributed by atoms with Gasteiger partial charge in [0.1, 0.15) is 12.3 Å². The Hall–Kier alpha value is -0.480. The van der Waals surface area contributed by atoms with Gasteiger partial charge in [-0.2, -0.15) is 0 Å². The fourth-order valence-corrected chi connectivity index (χ4v) is 4.14. The van der Waals surface area contributed by atoms with E-state index < -0.39 is 12.3 Å². The summed E-state index contributed by atoms with van der Waals surface area (Å²) in [7, 11) is 0. The van der Waals surface area contributed by atoms with Crippen LogP contribution in [0.1, 0.15) is 51.9 Å². The third-order valence-corrected chi connectivity index (χ3v) is 5.43. The molecule has 3 rings (SSSR count). The van der Waals surface area contributed by atoms with Crippen LogP contribution in [0, 0.1) is 5.92 Å². The second-order valence-electron chi connectivity index (χ2n) is 7.52. The van der Waals surface area contributed by atoms with Gasteiger partial charge in [0.05, 0.1) is 12.2 Å². The lowest BCUT2D eigenvalue weighted by Gasteiger charge is -2.30. The summed E-state index contributed by atoms with van der Waals surface area (Å²) in [5, 5.41) is 0. The number of nitrogens with zero attached hydrogens (tertiary/aromatic N) is 1. The van der Waals surface area contributed by atoms with Gasteiger partial charge in [0, 0.05) is 38.9 Å². The quantitative estimate of drug-likeness (QED) is 0.726. The molecule has 4 unspecified atom stereocenters. The molecule has 2 nitrogen and oxygen atoms in total. The summed E-state index contributed by atoms with van der Waals surface area (Å²) >= 11 is 0. The molecule has 3 aliphatic rings. The molecule has 1 aliphatic heterocycles. The van der Waals surface area contributed by atoms with Crippen LogP contribution in [0.3, 0.4) is 0 Å². The normalized spacial score (nSPS) is 40.7. The zero-order chi connectivity index (χ0) is 15.5. The summed E-state index contributed by atoms with van der Waals surface area (Å²) in [5.74, 6) is 0.766. The molecule has 4 atom stereocenters. The maximum Gasteiger partial charge on any atom is 0.105 e. The van der Waals surface area contributed by atoms with Gasteiger partial charge < -0.3 is 9.64 Å². The molecule has 2 aliphatic carbocycles. The molecule has 0 aromatic rings. The first-order valence-electron chi connectivity index (χ1n) is 8.90. The average Bonchev–Trinajstić information content (AvgIpc) is 2.87. The number of allylic oxidation sites excluding steroid dienone is 2. The lowest BCUT2D eigenvalue weighted by atomic mass is 9.90. The van der Waals surface area contributed by atoms with Gasteiger partial charge in [0.15, 0.2) is 0 Å². The molecule has 4 heteroatoms. The van der Waals surface area contributed by atoms with Crippen LogP contribution in [0.25, 0.3) is 0 Å². The van der Waals surface area contributed by atoms with Gasteiger partial charge in [-0.1, -0.05) is 11.6 Å². The Bertz CT molecular complexity index is 391. The van der Waals surface area contributed by atoms with Crippen molar-refractivity contribution in [3.8, 4) is 0 Å². The summed E-state index contributed by atoms with van der Waals surface area (Å²) in [6, 6.07) is 0. The Morgan fingerprint density at radius 1 is 1.14 bits per heavy atom. The Balaban J connectivity index is 1.40. The van der Waals surface area contributed by atoms with Gasteiger partial charge in [0.2, 0.25) is 0 Å². The van der Waals surface area contributed by atoms with Gasteiger partial charge >= 0.3 is 0 Å². The van der Waals surface area contributed by atoms with E-state index in [9.17, 15) is 8.78 Å². The highest BCUT2D eigenvalue weighted by Crippen LogP contribution is 2.29. The van der Waals surface area contributed by atoms with Gasteiger partial charge in [-0.3, -0.25) is 0 Å². The second-order valence-corrected chi connectivity index (χ2v) is 7.52. The molecule has 0 N–H and O–H groups in total. The lowest BCUT2D eigenvalue weighted by Crippen LogP contribution is -2.35. The maximum atomic E-state index is 13.4. The highest BCUT2D eigenvalue weighted by Gasteiger charge is 2.33. The van der Waals surface area contributed by atoms with E-state index >= 15 is 0 Å². The Morgan fingerprint density at radius 2 is 1.91 bits per heavy atom. The predicted molar refractivity (Wildman–Crippen MR) is 84.5 cm³/mol. The van der Waals surface area contributed by atoms with E-state index in [0.717, 1.165) is 32.0 Å². The third-order valence-electron chi connectivity index (χ3n) is 5.43. The molecule has 1 heterocycles. The van der Waals surface area contributed by atoms with Crippen LogP contribution in [0.2, 0.25) is 0 Å². The first kappa shape index (κ1) is 16.4. The van der Waals surface area contributed by atoms with E-state index in [0.29, 0.717) is 12.8 Å². The minimum atomic E-state index is -1.02. The molecule has 2 fully saturated rings. The molecule has 0 bridgehead atoms. The molecular weight excluding hydrogens is 284 g/mol. The molecule has 0 radical (unpaired) electrons. The van der Waals surface area contributed by atoms with Gasteiger partial charge in [-0.05, 0) is 38.5 Å². The standard InChI is InChI=1S/C18H29F2NO/c1-13-2-4-14(5-3-13)11-21-7-6-17(12-21)22-18-9-15(19)8-16(20)10-18/h2,14-18H,3-12H2,1H3. The molecule has 1 saturated heterocycles. The topological polar surface area (TPSA) is 12.5 Å². The first-order chi connectivity index (χ1) is 10.6. The Labute approximate surface area is 132 Å². The van der Waals surface area contributed by atoms with Crippen molar-refractivity contribution in [1.82, 2.24) is 4.90 Å². The fraction of sp³-hybridized carbons (Fsp3) is 0.889. The molecule has 0 aromatic heterocycles. The minimum Gasteiger partial charge on any atom is -0.373 e. The van der Waals surface area contributed by atoms with E-state index in [1.807, 2.05) is 0 Å². The third kappa shape index (κ3) is 4.51. The summed E-state index contributed by atoms with van der Waals surface area (Å²) in [6.45, 7) is 5.36. The summed E-state index contributed by atoms with van der Waals surface area (Å²) < 4.78 is 32.9. The molecule has 126 valence electrons. The summed E-state index contributed by atoms with van der Waals surface area (Å²) in [4.78, 5) is 2.48. The summed E-state index contributed by atoms with van der Waals surface area (Å²) in [5.41, 5.74) is 1.53. The number of rotatable bonds is 4. The van der Waals surface area contributed by atoms with Crippen molar-refractivity contribution in [3.63, 3.8) is 0 Å². The van der Waals surface area contributed by atoms with E-state index in [1.54, 1.807) is 0 Å². The molecule has 0 amide bonds. The van der Waals surface area contributed by atoms with Crippen LogP contribution >= 0.6 is 0 Å². The van der Waals surface area contributed by atoms with Crippen LogP contribution < -0.4 is 0 Å². The molecule has 1 saturated carbocycles. The van der Waals surface area contributed by atoms with Crippen molar-refractivity contribution in [1.29, 1.82) is 0 Å². The number of hydrogen-bond acceptors (Lipinski definition) is 2. The van der Waals surface area contributed by atoms with Gasteiger partial charge in [-0.25, -0.2) is 8.78 Å². The SMILES string of the molecule is CC1=CCC(CN2CCC(OC3CC(F)CC(F)C3)C2)CC1. The smallest absolute Gasteiger partial charge is 0.105 e. The number of hydrogen-bond donors (Lipinski definition) is 0. The van der Waals surface area contributed by atoms with E-state index in [-0.39, 0.29) is 18.6 Å².